The molecular formula is C8H14N2O2S. The molecule has 0 aromatic rings. The lowest BCUT2D eigenvalue weighted by Gasteiger charge is -2.16. The van der Waals surface area contributed by atoms with Gasteiger partial charge in [-0.05, 0) is 6.92 Å². The lowest BCUT2D eigenvalue weighted by atomic mass is 10.3. The van der Waals surface area contributed by atoms with E-state index < -0.39 is 0 Å². The van der Waals surface area contributed by atoms with Crippen molar-refractivity contribution in [2.75, 3.05) is 19.0 Å². The minimum Gasteiger partial charge on any atom is -0.396 e. The Morgan fingerprint density at radius 3 is 3.00 bits per heavy atom. The Kier molecular flexibility index (Phi) is 3.62. The van der Waals surface area contributed by atoms with Crippen molar-refractivity contribution in [3.63, 3.8) is 0 Å². The SMILES string of the molecule is CC1=C(CCO)SCN1CC(N)=O. The zero-order chi connectivity index (χ0) is 9.84. The zero-order valence-electron chi connectivity index (χ0n) is 7.62. The van der Waals surface area contributed by atoms with Crippen molar-refractivity contribution in [2.45, 2.75) is 13.3 Å². The molecule has 0 aromatic carbocycles. The molecule has 3 N–H and O–H groups in total. The number of allylic oxidation sites excluding steroid dienone is 1. The maximum absolute atomic E-state index is 10.7. The number of hydrogen-bond acceptors (Lipinski definition) is 4. The van der Waals surface area contributed by atoms with E-state index >= 15 is 0 Å². The number of carbonyl (C=O) groups is 1. The standard InChI is InChI=1S/C8H14N2O2S/c1-6-7(2-3-11)13-5-10(6)4-8(9)12/h11H,2-5H2,1H3,(H2,9,12). The molecule has 0 radical (unpaired) electrons. The van der Waals surface area contributed by atoms with Crippen molar-refractivity contribution in [3.05, 3.63) is 10.6 Å². The van der Waals surface area contributed by atoms with Crippen LogP contribution in [-0.4, -0.2) is 34.9 Å². The van der Waals surface area contributed by atoms with Crippen molar-refractivity contribution in [1.29, 1.82) is 0 Å². The fraction of sp³-hybridized carbons (Fsp3) is 0.625. The Morgan fingerprint density at radius 2 is 2.46 bits per heavy atom. The first-order valence-electron chi connectivity index (χ1n) is 4.11. The molecule has 4 nitrogen and oxygen atoms in total. The third-order valence-corrected chi connectivity index (χ3v) is 3.25. The number of hydrogen-bond donors (Lipinski definition) is 2. The maximum atomic E-state index is 10.7. The fourth-order valence-electron chi connectivity index (χ4n) is 1.24. The third-order valence-electron chi connectivity index (χ3n) is 1.96. The molecule has 0 saturated carbocycles. The zero-order valence-corrected chi connectivity index (χ0v) is 8.43. The van der Waals surface area contributed by atoms with Gasteiger partial charge in [-0.2, -0.15) is 0 Å². The topological polar surface area (TPSA) is 66.6 Å². The van der Waals surface area contributed by atoms with E-state index in [1.165, 1.54) is 0 Å². The van der Waals surface area contributed by atoms with Gasteiger partial charge in [0.2, 0.25) is 5.91 Å². The number of aliphatic hydroxyl groups excluding tert-OH is 1. The summed E-state index contributed by atoms with van der Waals surface area (Å²) >= 11 is 1.66. The first-order valence-corrected chi connectivity index (χ1v) is 5.10. The molecule has 0 unspecified atom stereocenters. The molecule has 5 heteroatoms. The molecule has 1 aliphatic rings. The van der Waals surface area contributed by atoms with Crippen LogP contribution in [0.15, 0.2) is 10.6 Å². The van der Waals surface area contributed by atoms with Gasteiger partial charge in [0.05, 0.1) is 12.4 Å². The van der Waals surface area contributed by atoms with E-state index in [1.54, 1.807) is 11.8 Å². The van der Waals surface area contributed by atoms with Gasteiger partial charge >= 0.3 is 0 Å². The van der Waals surface area contributed by atoms with E-state index in [0.717, 1.165) is 16.5 Å². The quantitative estimate of drug-likeness (QED) is 0.678. The van der Waals surface area contributed by atoms with Crippen LogP contribution in [0.3, 0.4) is 0 Å². The molecule has 0 fully saturated rings. The Labute approximate surface area is 81.8 Å². The molecule has 1 heterocycles. The van der Waals surface area contributed by atoms with Crippen LogP contribution < -0.4 is 5.73 Å². The van der Waals surface area contributed by atoms with Crippen molar-refractivity contribution >= 4 is 17.7 Å². The number of nitrogens with two attached hydrogens (primary N) is 1. The van der Waals surface area contributed by atoms with E-state index in [1.807, 2.05) is 11.8 Å². The van der Waals surface area contributed by atoms with Gasteiger partial charge in [-0.3, -0.25) is 4.79 Å². The van der Waals surface area contributed by atoms with Gasteiger partial charge < -0.3 is 15.7 Å². The number of aliphatic hydroxyl groups is 1. The van der Waals surface area contributed by atoms with Crippen LogP contribution >= 0.6 is 11.8 Å². The largest absolute Gasteiger partial charge is 0.396 e. The molecule has 0 aliphatic carbocycles. The highest BCUT2D eigenvalue weighted by molar-refractivity contribution is 8.03. The number of amides is 1. The average Bonchev–Trinajstić information content (AvgIpc) is 2.36. The third kappa shape index (κ3) is 2.63. The molecule has 0 aromatic heterocycles. The molecule has 1 rings (SSSR count). The lowest BCUT2D eigenvalue weighted by Crippen LogP contribution is -2.30. The highest BCUT2D eigenvalue weighted by atomic mass is 32.2. The Bertz CT molecular complexity index is 240. The second-order valence-corrected chi connectivity index (χ2v) is 3.96. The van der Waals surface area contributed by atoms with Crippen LogP contribution in [0, 0.1) is 0 Å². The molecule has 0 atom stereocenters. The summed E-state index contributed by atoms with van der Waals surface area (Å²) in [6, 6.07) is 0. The average molecular weight is 202 g/mol. The number of carbonyl (C=O) groups excluding carboxylic acids is 1. The maximum Gasteiger partial charge on any atom is 0.236 e. The molecular weight excluding hydrogens is 188 g/mol. The van der Waals surface area contributed by atoms with Crippen molar-refractivity contribution < 1.29 is 9.90 Å². The number of primary amides is 1. The van der Waals surface area contributed by atoms with Crippen LogP contribution in [0.5, 0.6) is 0 Å². The van der Waals surface area contributed by atoms with E-state index in [9.17, 15) is 4.79 Å². The normalized spacial score (nSPS) is 16.9. The monoisotopic (exact) mass is 202 g/mol. The van der Waals surface area contributed by atoms with Gasteiger partial charge in [-0.25, -0.2) is 0 Å². The van der Waals surface area contributed by atoms with Crippen LogP contribution in [0.4, 0.5) is 0 Å². The summed E-state index contributed by atoms with van der Waals surface area (Å²) < 4.78 is 0. The molecule has 0 bridgehead atoms. The minimum atomic E-state index is -0.315. The predicted molar refractivity (Wildman–Crippen MR) is 52.8 cm³/mol. The summed E-state index contributed by atoms with van der Waals surface area (Å²) in [6.07, 6.45) is 0.672. The van der Waals surface area contributed by atoms with Crippen molar-refractivity contribution in [2.24, 2.45) is 5.73 Å². The van der Waals surface area contributed by atoms with Gasteiger partial charge in [0.1, 0.15) is 0 Å². The first-order chi connectivity index (χ1) is 6.15. The summed E-state index contributed by atoms with van der Waals surface area (Å²) in [4.78, 5) is 13.7. The minimum absolute atomic E-state index is 0.157. The van der Waals surface area contributed by atoms with Crippen LogP contribution in [-0.2, 0) is 4.79 Å². The molecule has 0 spiro atoms. The smallest absolute Gasteiger partial charge is 0.236 e. The van der Waals surface area contributed by atoms with Gasteiger partial charge in [0, 0.05) is 23.6 Å². The molecule has 13 heavy (non-hydrogen) atoms. The van der Waals surface area contributed by atoms with E-state index in [4.69, 9.17) is 10.8 Å². The second kappa shape index (κ2) is 4.53. The molecule has 74 valence electrons. The Morgan fingerprint density at radius 1 is 1.77 bits per heavy atom. The molecule has 1 aliphatic heterocycles. The number of nitrogens with zero attached hydrogens (tertiary/aromatic N) is 1. The summed E-state index contributed by atoms with van der Waals surface area (Å²) in [7, 11) is 0. The van der Waals surface area contributed by atoms with Gasteiger partial charge in [-0.1, -0.05) is 0 Å². The molecule has 0 saturated heterocycles. The summed E-state index contributed by atoms with van der Waals surface area (Å²) in [6.45, 7) is 2.38. The van der Waals surface area contributed by atoms with E-state index in [2.05, 4.69) is 0 Å². The van der Waals surface area contributed by atoms with E-state index in [0.29, 0.717) is 6.42 Å². The summed E-state index contributed by atoms with van der Waals surface area (Å²) in [5.41, 5.74) is 6.16. The van der Waals surface area contributed by atoms with Gasteiger partial charge in [0.25, 0.3) is 0 Å². The summed E-state index contributed by atoms with van der Waals surface area (Å²) in [5.74, 6) is 0.453. The number of thioether (sulfide) groups is 1. The predicted octanol–water partition coefficient (Wildman–Crippen LogP) is 0.0919. The van der Waals surface area contributed by atoms with Crippen molar-refractivity contribution in [1.82, 2.24) is 4.90 Å². The Balaban J connectivity index is 2.57. The lowest BCUT2D eigenvalue weighted by molar-refractivity contribution is -0.118. The molecule has 1 amide bonds. The highest BCUT2D eigenvalue weighted by Crippen LogP contribution is 2.33. The fourth-order valence-corrected chi connectivity index (χ4v) is 2.41. The van der Waals surface area contributed by atoms with Crippen LogP contribution in [0.25, 0.3) is 0 Å². The first kappa shape index (κ1) is 10.4. The van der Waals surface area contributed by atoms with E-state index in [-0.39, 0.29) is 19.1 Å². The Hall–Kier alpha value is -0.680. The highest BCUT2D eigenvalue weighted by Gasteiger charge is 2.19. The van der Waals surface area contributed by atoms with Gasteiger partial charge in [-0.15, -0.1) is 11.8 Å². The summed E-state index contributed by atoms with van der Waals surface area (Å²) in [5, 5.41) is 8.75. The second-order valence-electron chi connectivity index (χ2n) is 2.92. The van der Waals surface area contributed by atoms with Crippen LogP contribution in [0.1, 0.15) is 13.3 Å². The van der Waals surface area contributed by atoms with Crippen molar-refractivity contribution in [3.8, 4) is 0 Å². The van der Waals surface area contributed by atoms with Crippen LogP contribution in [0.2, 0.25) is 0 Å². The van der Waals surface area contributed by atoms with Gasteiger partial charge in [0.15, 0.2) is 0 Å². The number of rotatable bonds is 4.